The summed E-state index contributed by atoms with van der Waals surface area (Å²) in [5, 5.41) is 1.54. The van der Waals surface area contributed by atoms with E-state index >= 15 is 0 Å². The molecule has 0 saturated heterocycles. The Balaban J connectivity index is 1.85. The summed E-state index contributed by atoms with van der Waals surface area (Å²) in [5.74, 6) is 0. The quantitative estimate of drug-likeness (QED) is 0.338. The Hall–Kier alpha value is -3.45. The van der Waals surface area contributed by atoms with Gasteiger partial charge in [-0.15, -0.1) is 0 Å². The van der Waals surface area contributed by atoms with E-state index < -0.39 is 21.6 Å². The minimum absolute atomic E-state index is 0.109. The monoisotopic (exact) mass is 453 g/mol. The molecule has 162 valence electrons. The third-order valence-corrected chi connectivity index (χ3v) is 6.60. The van der Waals surface area contributed by atoms with E-state index in [0.717, 1.165) is 17.0 Å². The van der Waals surface area contributed by atoms with Crippen LogP contribution in [-0.4, -0.2) is 13.4 Å². The molecule has 0 bridgehead atoms. The van der Waals surface area contributed by atoms with Crippen molar-refractivity contribution in [2.45, 2.75) is 18.0 Å². The number of fused-ring (bicyclic) bond motifs is 1. The number of para-hydroxylation sites is 1. The average Bonchev–Trinajstić information content (AvgIpc) is 2.78. The molecular weight excluding hydrogens is 435 g/mol. The van der Waals surface area contributed by atoms with Gasteiger partial charge in [0.1, 0.15) is 0 Å². The van der Waals surface area contributed by atoms with Crippen molar-refractivity contribution in [1.29, 1.82) is 0 Å². The number of hydrogen-bond acceptors (Lipinski definition) is 3. The van der Waals surface area contributed by atoms with Gasteiger partial charge in [-0.2, -0.15) is 13.2 Å². The predicted octanol–water partition coefficient (Wildman–Crippen LogP) is 6.89. The summed E-state index contributed by atoms with van der Waals surface area (Å²) in [7, 11) is -3.55. The SMILES string of the molecule is C/C=C/S(=O)(=O)c1cccc(-c2cccc(-c3ccnc4c(C(F)(F)F)cccc34)c2)c1. The molecule has 0 fully saturated rings. The highest BCUT2D eigenvalue weighted by atomic mass is 32.2. The van der Waals surface area contributed by atoms with E-state index in [4.69, 9.17) is 0 Å². The fourth-order valence-electron chi connectivity index (χ4n) is 3.63. The number of sulfone groups is 1. The second-order valence-corrected chi connectivity index (χ2v) is 9.01. The van der Waals surface area contributed by atoms with Crippen molar-refractivity contribution in [2.75, 3.05) is 0 Å². The molecule has 3 aromatic carbocycles. The second-order valence-electron chi connectivity index (χ2n) is 7.18. The molecule has 0 atom stereocenters. The largest absolute Gasteiger partial charge is 0.418 e. The fraction of sp³-hybridized carbons (Fsp3) is 0.0800. The van der Waals surface area contributed by atoms with Crippen molar-refractivity contribution in [2.24, 2.45) is 0 Å². The fourth-order valence-corrected chi connectivity index (χ4v) is 4.71. The summed E-state index contributed by atoms with van der Waals surface area (Å²) in [6, 6.07) is 19.5. The summed E-state index contributed by atoms with van der Waals surface area (Å²) < 4.78 is 65.1. The van der Waals surface area contributed by atoms with E-state index in [1.54, 1.807) is 49.4 Å². The van der Waals surface area contributed by atoms with Gasteiger partial charge < -0.3 is 0 Å². The molecule has 0 spiro atoms. The van der Waals surface area contributed by atoms with Crippen LogP contribution >= 0.6 is 0 Å². The first-order valence-electron chi connectivity index (χ1n) is 9.74. The van der Waals surface area contributed by atoms with Gasteiger partial charge in [0.25, 0.3) is 0 Å². The van der Waals surface area contributed by atoms with Gasteiger partial charge in [-0.1, -0.05) is 48.5 Å². The van der Waals surface area contributed by atoms with Crippen molar-refractivity contribution >= 4 is 20.7 Å². The minimum atomic E-state index is -4.51. The molecule has 7 heteroatoms. The molecule has 32 heavy (non-hydrogen) atoms. The van der Waals surface area contributed by atoms with Gasteiger partial charge in [-0.05, 0) is 59.5 Å². The molecule has 0 unspecified atom stereocenters. The summed E-state index contributed by atoms with van der Waals surface area (Å²) in [5.41, 5.74) is 1.86. The number of pyridine rings is 1. The van der Waals surface area contributed by atoms with E-state index in [9.17, 15) is 21.6 Å². The summed E-state index contributed by atoms with van der Waals surface area (Å²) in [6.07, 6.45) is -1.68. The van der Waals surface area contributed by atoms with Crippen LogP contribution in [0.5, 0.6) is 0 Å². The predicted molar refractivity (Wildman–Crippen MR) is 120 cm³/mol. The summed E-state index contributed by atoms with van der Waals surface area (Å²) in [6.45, 7) is 1.63. The van der Waals surface area contributed by atoms with Gasteiger partial charge in [0.15, 0.2) is 9.84 Å². The van der Waals surface area contributed by atoms with Crippen LogP contribution in [0.4, 0.5) is 13.2 Å². The summed E-state index contributed by atoms with van der Waals surface area (Å²) in [4.78, 5) is 4.15. The van der Waals surface area contributed by atoms with E-state index in [0.29, 0.717) is 22.1 Å². The highest BCUT2D eigenvalue weighted by molar-refractivity contribution is 7.94. The normalized spacial score (nSPS) is 12.5. The molecular formula is C25H18F3NO2S. The Bertz CT molecular complexity index is 1440. The molecule has 3 nitrogen and oxygen atoms in total. The van der Waals surface area contributed by atoms with Gasteiger partial charge >= 0.3 is 6.18 Å². The van der Waals surface area contributed by atoms with Crippen molar-refractivity contribution in [1.82, 2.24) is 4.98 Å². The van der Waals surface area contributed by atoms with Crippen molar-refractivity contribution in [3.8, 4) is 22.3 Å². The molecule has 1 heterocycles. The van der Waals surface area contributed by atoms with Crippen LogP contribution in [0.1, 0.15) is 12.5 Å². The Morgan fingerprint density at radius 3 is 2.22 bits per heavy atom. The van der Waals surface area contributed by atoms with E-state index in [1.807, 2.05) is 12.1 Å². The minimum Gasteiger partial charge on any atom is -0.256 e. The highest BCUT2D eigenvalue weighted by Gasteiger charge is 2.33. The maximum absolute atomic E-state index is 13.4. The lowest BCUT2D eigenvalue weighted by Gasteiger charge is -2.13. The van der Waals surface area contributed by atoms with Gasteiger partial charge in [0.2, 0.25) is 0 Å². The number of allylic oxidation sites excluding steroid dienone is 1. The van der Waals surface area contributed by atoms with Crippen molar-refractivity contribution < 1.29 is 21.6 Å². The van der Waals surface area contributed by atoms with Gasteiger partial charge in [-0.3, -0.25) is 4.98 Å². The van der Waals surface area contributed by atoms with Gasteiger partial charge in [0.05, 0.1) is 16.0 Å². The zero-order valence-corrected chi connectivity index (χ0v) is 17.8. The van der Waals surface area contributed by atoms with Crippen LogP contribution in [-0.2, 0) is 16.0 Å². The number of alkyl halides is 3. The third-order valence-electron chi connectivity index (χ3n) is 5.06. The van der Waals surface area contributed by atoms with Crippen molar-refractivity contribution in [3.63, 3.8) is 0 Å². The Morgan fingerprint density at radius 1 is 0.844 bits per heavy atom. The molecule has 0 aliphatic rings. The van der Waals surface area contributed by atoms with E-state index in [2.05, 4.69) is 4.98 Å². The maximum Gasteiger partial charge on any atom is 0.418 e. The zero-order chi connectivity index (χ0) is 22.9. The van der Waals surface area contributed by atoms with E-state index in [-0.39, 0.29) is 10.4 Å². The standard InChI is InChI=1S/C25H18F3NO2S/c1-2-14-32(30,31)20-9-4-7-18(16-20)17-6-3-8-19(15-17)21-12-13-29-24-22(21)10-5-11-23(24)25(26,27)28/h2-16H,1H3/b14-2+. The number of nitrogens with zero attached hydrogens (tertiary/aromatic N) is 1. The first kappa shape index (κ1) is 21.8. The lowest BCUT2D eigenvalue weighted by Crippen LogP contribution is -2.06. The first-order chi connectivity index (χ1) is 15.2. The Labute approximate surface area is 183 Å². The van der Waals surface area contributed by atoms with Crippen LogP contribution in [0, 0.1) is 0 Å². The maximum atomic E-state index is 13.4. The molecule has 0 aliphatic carbocycles. The molecule has 0 radical (unpaired) electrons. The topological polar surface area (TPSA) is 47.0 Å². The van der Waals surface area contributed by atoms with Crippen LogP contribution in [0.3, 0.4) is 0 Å². The third kappa shape index (κ3) is 4.16. The number of rotatable bonds is 4. The number of aromatic nitrogens is 1. The number of halogens is 3. The molecule has 0 aliphatic heterocycles. The zero-order valence-electron chi connectivity index (χ0n) is 17.0. The van der Waals surface area contributed by atoms with Crippen molar-refractivity contribution in [3.05, 3.63) is 96.0 Å². The van der Waals surface area contributed by atoms with Gasteiger partial charge in [-0.25, -0.2) is 8.42 Å². The number of hydrogen-bond donors (Lipinski definition) is 0. The smallest absolute Gasteiger partial charge is 0.256 e. The van der Waals surface area contributed by atoms with Crippen LogP contribution in [0.25, 0.3) is 33.2 Å². The highest BCUT2D eigenvalue weighted by Crippen LogP contribution is 2.37. The lowest BCUT2D eigenvalue weighted by atomic mass is 9.96. The summed E-state index contributed by atoms with van der Waals surface area (Å²) >= 11 is 0. The van der Waals surface area contributed by atoms with Crippen LogP contribution in [0.2, 0.25) is 0 Å². The molecule has 4 rings (SSSR count). The Morgan fingerprint density at radius 2 is 1.50 bits per heavy atom. The molecule has 1 aromatic heterocycles. The van der Waals surface area contributed by atoms with E-state index in [1.165, 1.54) is 24.4 Å². The second kappa shape index (κ2) is 8.24. The molecule has 0 N–H and O–H groups in total. The van der Waals surface area contributed by atoms with Crippen LogP contribution in [0.15, 0.2) is 95.4 Å². The molecule has 4 aromatic rings. The molecule has 0 amide bonds. The van der Waals surface area contributed by atoms with Crippen LogP contribution < -0.4 is 0 Å². The Kier molecular flexibility index (Phi) is 5.60. The first-order valence-corrected chi connectivity index (χ1v) is 11.3. The average molecular weight is 453 g/mol. The van der Waals surface area contributed by atoms with Gasteiger partial charge in [0, 0.05) is 17.0 Å². The molecule has 0 saturated carbocycles. The number of benzene rings is 3. The lowest BCUT2D eigenvalue weighted by molar-refractivity contribution is -0.136.